The third-order valence-electron chi connectivity index (χ3n) is 4.74. The first kappa shape index (κ1) is 19.0. The molecule has 3 aromatic rings. The minimum absolute atomic E-state index is 0.0886. The summed E-state index contributed by atoms with van der Waals surface area (Å²) in [4.78, 5) is 17.9. The molecule has 7 nitrogen and oxygen atoms in total. The van der Waals surface area contributed by atoms with Gasteiger partial charge in [-0.25, -0.2) is 4.68 Å². The van der Waals surface area contributed by atoms with E-state index >= 15 is 0 Å². The highest BCUT2D eigenvalue weighted by atomic mass is 32.2. The lowest BCUT2D eigenvalue weighted by Crippen LogP contribution is -2.13. The highest BCUT2D eigenvalue weighted by Gasteiger charge is 2.25. The predicted molar refractivity (Wildman–Crippen MR) is 103 cm³/mol. The number of hydrogen-bond donors (Lipinski definition) is 0. The molecule has 1 aromatic carbocycles. The van der Waals surface area contributed by atoms with Crippen LogP contribution < -0.4 is 4.18 Å². The molecule has 0 saturated heterocycles. The second-order valence-electron chi connectivity index (χ2n) is 6.70. The lowest BCUT2D eigenvalue weighted by atomic mass is 9.93. The third kappa shape index (κ3) is 3.32. The number of carbonyl (C=O) groups is 1. The van der Waals surface area contributed by atoms with Crippen molar-refractivity contribution in [2.75, 3.05) is 6.26 Å². The van der Waals surface area contributed by atoms with Crippen molar-refractivity contribution < 1.29 is 17.4 Å². The molecule has 0 radical (unpaired) electrons. The van der Waals surface area contributed by atoms with Crippen molar-refractivity contribution in [3.05, 3.63) is 51.8 Å². The molecule has 0 fully saturated rings. The number of ketones is 1. The van der Waals surface area contributed by atoms with E-state index in [1.165, 1.54) is 17.9 Å². The Hall–Kier alpha value is -2.74. The van der Waals surface area contributed by atoms with Gasteiger partial charge in [0, 0.05) is 23.7 Å². The summed E-state index contributed by atoms with van der Waals surface area (Å²) in [6.07, 6.45) is 2.24. The average molecular weight is 387 g/mol. The second-order valence-corrected chi connectivity index (χ2v) is 8.28. The van der Waals surface area contributed by atoms with Crippen LogP contribution >= 0.6 is 0 Å². The first-order chi connectivity index (χ1) is 12.5. The van der Waals surface area contributed by atoms with Gasteiger partial charge in [-0.2, -0.15) is 13.5 Å². The van der Waals surface area contributed by atoms with E-state index in [0.717, 1.165) is 39.5 Å². The van der Waals surface area contributed by atoms with Crippen molar-refractivity contribution in [1.29, 1.82) is 0 Å². The molecule has 0 spiro atoms. The number of nitrogens with zero attached hydrogens (tertiary/aromatic N) is 3. The first-order valence-corrected chi connectivity index (χ1v) is 10.2. The van der Waals surface area contributed by atoms with Crippen LogP contribution in [0.15, 0.2) is 18.3 Å². The van der Waals surface area contributed by atoms with Crippen molar-refractivity contribution in [3.63, 3.8) is 0 Å². The number of aryl methyl sites for hydroxylation is 4. The van der Waals surface area contributed by atoms with Crippen LogP contribution in [-0.4, -0.2) is 35.2 Å². The van der Waals surface area contributed by atoms with Gasteiger partial charge < -0.3 is 4.18 Å². The summed E-state index contributed by atoms with van der Waals surface area (Å²) in [7, 11) is -2.28. The van der Waals surface area contributed by atoms with Gasteiger partial charge >= 0.3 is 10.1 Å². The van der Waals surface area contributed by atoms with E-state index in [9.17, 15) is 13.2 Å². The van der Waals surface area contributed by atoms with Crippen molar-refractivity contribution in [1.82, 2.24) is 14.8 Å². The molecule has 0 atom stereocenters. The topological polar surface area (TPSA) is 91.2 Å². The first-order valence-electron chi connectivity index (χ1n) is 8.34. The third-order valence-corrected chi connectivity index (χ3v) is 5.20. The maximum Gasteiger partial charge on any atom is 0.307 e. The summed E-state index contributed by atoms with van der Waals surface area (Å²) in [6.45, 7) is 7.81. The van der Waals surface area contributed by atoms with Crippen LogP contribution in [0.2, 0.25) is 0 Å². The molecule has 0 unspecified atom stereocenters. The largest absolute Gasteiger partial charge is 0.361 e. The van der Waals surface area contributed by atoms with Crippen LogP contribution in [0, 0.1) is 27.7 Å². The molecule has 2 heterocycles. The van der Waals surface area contributed by atoms with E-state index in [4.69, 9.17) is 4.18 Å². The second kappa shape index (κ2) is 6.45. The summed E-state index contributed by atoms with van der Waals surface area (Å²) in [5.41, 5.74) is 5.15. The monoisotopic (exact) mass is 387 g/mol. The fourth-order valence-corrected chi connectivity index (χ4v) is 3.57. The smallest absolute Gasteiger partial charge is 0.307 e. The molecule has 0 bridgehead atoms. The molecular formula is C19H21N3O4S. The van der Waals surface area contributed by atoms with Crippen LogP contribution in [0.3, 0.4) is 0 Å². The number of fused-ring (bicyclic) bond motifs is 1. The predicted octanol–water partition coefficient (Wildman–Crippen LogP) is 2.77. The van der Waals surface area contributed by atoms with Crippen molar-refractivity contribution in [2.24, 2.45) is 7.05 Å². The van der Waals surface area contributed by atoms with E-state index in [2.05, 4.69) is 10.1 Å². The van der Waals surface area contributed by atoms with Crippen LogP contribution in [-0.2, 0) is 17.2 Å². The zero-order valence-electron chi connectivity index (χ0n) is 16.1. The Labute approximate surface area is 158 Å². The minimum Gasteiger partial charge on any atom is -0.361 e. The van der Waals surface area contributed by atoms with Gasteiger partial charge in [0.15, 0.2) is 0 Å². The molecule has 0 N–H and O–H groups in total. The molecule has 8 heteroatoms. The summed E-state index contributed by atoms with van der Waals surface area (Å²) in [5, 5.41) is 4.75. The van der Waals surface area contributed by atoms with Gasteiger partial charge in [0.2, 0.25) is 11.7 Å². The van der Waals surface area contributed by atoms with Gasteiger partial charge in [-0.05, 0) is 50.5 Å². The van der Waals surface area contributed by atoms with Gasteiger partial charge in [-0.1, -0.05) is 6.07 Å². The summed E-state index contributed by atoms with van der Waals surface area (Å²) >= 11 is 0. The zero-order chi connectivity index (χ0) is 20.1. The molecule has 142 valence electrons. The Morgan fingerprint density at radius 1 is 1.07 bits per heavy atom. The van der Waals surface area contributed by atoms with E-state index in [-0.39, 0.29) is 17.2 Å². The molecule has 3 rings (SSSR count). The van der Waals surface area contributed by atoms with Gasteiger partial charge in [0.05, 0.1) is 18.0 Å². The van der Waals surface area contributed by atoms with Gasteiger partial charge in [-0.3, -0.25) is 9.78 Å². The Balaban J connectivity index is 2.28. The van der Waals surface area contributed by atoms with Crippen molar-refractivity contribution in [3.8, 4) is 5.88 Å². The van der Waals surface area contributed by atoms with E-state index in [0.29, 0.717) is 5.56 Å². The van der Waals surface area contributed by atoms with Gasteiger partial charge in [0.1, 0.15) is 5.56 Å². The highest BCUT2D eigenvalue weighted by Crippen LogP contribution is 2.31. The number of carbonyl (C=O) groups excluding carboxylic acids is 1. The van der Waals surface area contributed by atoms with Gasteiger partial charge in [0.25, 0.3) is 0 Å². The summed E-state index contributed by atoms with van der Waals surface area (Å²) in [6, 6.07) is 3.57. The fraction of sp³-hybridized carbons (Fsp3) is 0.316. The molecule has 0 amide bonds. The lowest BCUT2D eigenvalue weighted by molar-refractivity contribution is 0.103. The Morgan fingerprint density at radius 2 is 1.74 bits per heavy atom. The molecule has 27 heavy (non-hydrogen) atoms. The van der Waals surface area contributed by atoms with Crippen molar-refractivity contribution in [2.45, 2.75) is 27.7 Å². The molecule has 2 aromatic heterocycles. The van der Waals surface area contributed by atoms with Crippen LogP contribution in [0.4, 0.5) is 0 Å². The number of rotatable bonds is 4. The van der Waals surface area contributed by atoms with E-state index in [1.807, 2.05) is 33.8 Å². The number of aromatic nitrogens is 3. The van der Waals surface area contributed by atoms with Crippen LogP contribution in [0.5, 0.6) is 5.88 Å². The Morgan fingerprint density at radius 3 is 2.37 bits per heavy atom. The lowest BCUT2D eigenvalue weighted by Gasteiger charge is -2.14. The highest BCUT2D eigenvalue weighted by molar-refractivity contribution is 7.86. The Bertz CT molecular complexity index is 1190. The van der Waals surface area contributed by atoms with Crippen LogP contribution in [0.25, 0.3) is 10.9 Å². The summed E-state index contributed by atoms with van der Waals surface area (Å²) < 4.78 is 29.4. The van der Waals surface area contributed by atoms with Crippen LogP contribution in [0.1, 0.15) is 38.3 Å². The number of pyridine rings is 1. The molecule has 0 aliphatic rings. The molecule has 0 aliphatic carbocycles. The summed E-state index contributed by atoms with van der Waals surface area (Å²) in [5.74, 6) is -0.467. The fourth-order valence-electron chi connectivity index (χ4n) is 3.09. The van der Waals surface area contributed by atoms with Gasteiger partial charge in [-0.15, -0.1) is 0 Å². The SMILES string of the molecule is Cc1nc2c(C)ccc(C(=O)c3cnn(C)c3OS(C)(=O)=O)c2c(C)c1C. The molecular weight excluding hydrogens is 366 g/mol. The minimum atomic E-state index is -3.80. The quantitative estimate of drug-likeness (QED) is 0.505. The van der Waals surface area contributed by atoms with E-state index < -0.39 is 10.1 Å². The normalized spacial score (nSPS) is 11.8. The number of hydrogen-bond acceptors (Lipinski definition) is 6. The van der Waals surface area contributed by atoms with E-state index in [1.54, 1.807) is 6.07 Å². The maximum absolute atomic E-state index is 13.3. The van der Waals surface area contributed by atoms with Crippen molar-refractivity contribution >= 4 is 26.8 Å². The number of benzene rings is 1. The average Bonchev–Trinajstić information content (AvgIpc) is 2.92. The Kier molecular flexibility index (Phi) is 4.55. The molecule has 0 saturated carbocycles. The standard InChI is InChI=1S/C19H21N3O4S/c1-10-7-8-14(16-12(3)11(2)13(4)21-17(10)16)18(23)15-9-20-22(5)19(15)26-27(6,24)25/h7-9H,1-6H3. The molecule has 0 aliphatic heterocycles. The zero-order valence-corrected chi connectivity index (χ0v) is 16.9. The maximum atomic E-state index is 13.3.